The molecule has 1 aromatic carbocycles. The van der Waals surface area contributed by atoms with Crippen molar-refractivity contribution in [1.82, 2.24) is 0 Å². The maximum Gasteiger partial charge on any atom is 0.129 e. The van der Waals surface area contributed by atoms with Crippen LogP contribution in [0.4, 0.5) is 4.39 Å². The van der Waals surface area contributed by atoms with Gasteiger partial charge in [-0.3, -0.25) is 0 Å². The number of methoxy groups -OCH3 is 1. The third kappa shape index (κ3) is 2.17. The van der Waals surface area contributed by atoms with Crippen molar-refractivity contribution >= 4 is 22.6 Å². The van der Waals surface area contributed by atoms with Crippen molar-refractivity contribution in [3.63, 3.8) is 0 Å². The Kier molecular flexibility index (Phi) is 3.74. The van der Waals surface area contributed by atoms with Crippen LogP contribution in [-0.4, -0.2) is 13.2 Å². The molecule has 0 heterocycles. The van der Waals surface area contributed by atoms with Crippen molar-refractivity contribution in [2.75, 3.05) is 7.11 Å². The Morgan fingerprint density at radius 3 is 2.78 bits per heavy atom. The van der Waals surface area contributed by atoms with Gasteiger partial charge in [0.1, 0.15) is 11.6 Å². The first-order valence-electron chi connectivity index (χ1n) is 5.42. The summed E-state index contributed by atoms with van der Waals surface area (Å²) in [6.07, 6.45) is 5.17. The van der Waals surface area contributed by atoms with Crippen molar-refractivity contribution in [3.8, 4) is 0 Å². The van der Waals surface area contributed by atoms with E-state index in [1.54, 1.807) is 30.4 Å². The largest absolute Gasteiger partial charge is 0.499 e. The van der Waals surface area contributed by atoms with Gasteiger partial charge in [0.15, 0.2) is 0 Å². The number of rotatable bonds is 2. The summed E-state index contributed by atoms with van der Waals surface area (Å²) in [6.45, 7) is 0. The van der Waals surface area contributed by atoms with Gasteiger partial charge in [0.25, 0.3) is 0 Å². The van der Waals surface area contributed by atoms with E-state index in [9.17, 15) is 4.39 Å². The second-order valence-electron chi connectivity index (χ2n) is 4.17. The lowest BCUT2D eigenvalue weighted by Crippen LogP contribution is -2.53. The summed E-state index contributed by atoms with van der Waals surface area (Å²) < 4.78 is 20.0. The summed E-state index contributed by atoms with van der Waals surface area (Å²) in [7, 11) is 1.52. The summed E-state index contributed by atoms with van der Waals surface area (Å²) in [5.41, 5.74) is 11.6. The van der Waals surface area contributed by atoms with Crippen LogP contribution in [0.5, 0.6) is 0 Å². The molecule has 0 aromatic heterocycles. The van der Waals surface area contributed by atoms with Gasteiger partial charge in [-0.25, -0.2) is 4.39 Å². The number of ether oxygens (including phenoxy) is 1. The summed E-state index contributed by atoms with van der Waals surface area (Å²) in [5.74, 6) is 0.180. The standard InChI is InChI=1S/C13H14FIN2O/c1-18-11-3-2-6-13(17,12(11)16)9-5-4-8(15)7-10(9)14/h2-7,12H,16-17H2,1H3. The van der Waals surface area contributed by atoms with Crippen LogP contribution in [0.2, 0.25) is 0 Å². The fourth-order valence-electron chi connectivity index (χ4n) is 2.04. The van der Waals surface area contributed by atoms with Crippen LogP contribution in [-0.2, 0) is 10.3 Å². The number of halogens is 2. The molecule has 0 aliphatic heterocycles. The molecule has 0 amide bonds. The first-order valence-corrected chi connectivity index (χ1v) is 6.50. The molecular weight excluding hydrogens is 346 g/mol. The maximum absolute atomic E-state index is 14.1. The Balaban J connectivity index is 2.49. The molecule has 0 bridgehead atoms. The Hall–Kier alpha value is -0.920. The molecule has 4 N–H and O–H groups in total. The average molecular weight is 360 g/mol. The molecule has 2 atom stereocenters. The summed E-state index contributed by atoms with van der Waals surface area (Å²) >= 11 is 2.05. The molecule has 2 unspecified atom stereocenters. The molecule has 1 aliphatic carbocycles. The van der Waals surface area contributed by atoms with Gasteiger partial charge in [-0.1, -0.05) is 18.2 Å². The van der Waals surface area contributed by atoms with E-state index in [4.69, 9.17) is 16.2 Å². The third-order valence-corrected chi connectivity index (χ3v) is 3.76. The zero-order valence-electron chi connectivity index (χ0n) is 9.86. The van der Waals surface area contributed by atoms with Gasteiger partial charge in [-0.2, -0.15) is 0 Å². The monoisotopic (exact) mass is 360 g/mol. The van der Waals surface area contributed by atoms with Crippen molar-refractivity contribution in [3.05, 3.63) is 57.1 Å². The van der Waals surface area contributed by atoms with E-state index in [1.165, 1.54) is 13.2 Å². The molecule has 5 heteroatoms. The predicted molar refractivity (Wildman–Crippen MR) is 77.2 cm³/mol. The average Bonchev–Trinajstić information content (AvgIpc) is 2.32. The van der Waals surface area contributed by atoms with Crippen molar-refractivity contribution in [2.45, 2.75) is 11.6 Å². The quantitative estimate of drug-likeness (QED) is 0.794. The number of benzene rings is 1. The van der Waals surface area contributed by atoms with Crippen LogP contribution in [0.25, 0.3) is 0 Å². The Bertz CT molecular complexity index is 530. The summed E-state index contributed by atoms with van der Waals surface area (Å²) in [5, 5.41) is 0. The van der Waals surface area contributed by atoms with Gasteiger partial charge < -0.3 is 16.2 Å². The highest BCUT2D eigenvalue weighted by molar-refractivity contribution is 14.1. The van der Waals surface area contributed by atoms with E-state index >= 15 is 0 Å². The highest BCUT2D eigenvalue weighted by Gasteiger charge is 2.38. The van der Waals surface area contributed by atoms with Crippen LogP contribution >= 0.6 is 22.6 Å². The maximum atomic E-state index is 14.1. The number of allylic oxidation sites excluding steroid dienone is 2. The normalized spacial score (nSPS) is 26.9. The van der Waals surface area contributed by atoms with E-state index in [1.807, 2.05) is 22.6 Å². The van der Waals surface area contributed by atoms with Crippen LogP contribution in [0.1, 0.15) is 5.56 Å². The van der Waals surface area contributed by atoms with Crippen molar-refractivity contribution in [2.24, 2.45) is 11.5 Å². The molecule has 18 heavy (non-hydrogen) atoms. The third-order valence-electron chi connectivity index (χ3n) is 3.09. The SMILES string of the molecule is COC1=CC=CC(N)(c2ccc(I)cc2F)C1N. The molecular formula is C13H14FIN2O. The second-order valence-corrected chi connectivity index (χ2v) is 5.41. The fraction of sp³-hybridized carbons (Fsp3) is 0.231. The second kappa shape index (κ2) is 4.99. The topological polar surface area (TPSA) is 61.3 Å². The zero-order chi connectivity index (χ0) is 13.3. The van der Waals surface area contributed by atoms with E-state index in [0.29, 0.717) is 11.3 Å². The zero-order valence-corrected chi connectivity index (χ0v) is 12.0. The van der Waals surface area contributed by atoms with Crippen molar-refractivity contribution in [1.29, 1.82) is 0 Å². The molecule has 3 nitrogen and oxygen atoms in total. The van der Waals surface area contributed by atoms with E-state index in [2.05, 4.69) is 0 Å². The first kappa shape index (κ1) is 13.5. The van der Waals surface area contributed by atoms with Crippen LogP contribution in [0.15, 0.2) is 42.2 Å². The number of hydrogen-bond acceptors (Lipinski definition) is 3. The smallest absolute Gasteiger partial charge is 0.129 e. The molecule has 96 valence electrons. The minimum Gasteiger partial charge on any atom is -0.499 e. The van der Waals surface area contributed by atoms with Gasteiger partial charge in [-0.15, -0.1) is 0 Å². The minimum atomic E-state index is -1.09. The van der Waals surface area contributed by atoms with Crippen LogP contribution in [0, 0.1) is 9.39 Å². The summed E-state index contributed by atoms with van der Waals surface area (Å²) in [6, 6.07) is 4.30. The first-order chi connectivity index (χ1) is 8.49. The lowest BCUT2D eigenvalue weighted by molar-refractivity contribution is 0.235. The molecule has 0 spiro atoms. The molecule has 0 saturated carbocycles. The highest BCUT2D eigenvalue weighted by Crippen LogP contribution is 2.32. The molecule has 0 fully saturated rings. The molecule has 0 saturated heterocycles. The van der Waals surface area contributed by atoms with Crippen LogP contribution < -0.4 is 11.5 Å². The Morgan fingerprint density at radius 1 is 1.44 bits per heavy atom. The van der Waals surface area contributed by atoms with Gasteiger partial charge in [0, 0.05) is 9.13 Å². The number of hydrogen-bond donors (Lipinski definition) is 2. The number of nitrogens with two attached hydrogens (primary N) is 2. The Labute approximate surface area is 119 Å². The molecule has 1 aromatic rings. The lowest BCUT2D eigenvalue weighted by Gasteiger charge is -2.35. The van der Waals surface area contributed by atoms with E-state index in [0.717, 1.165) is 3.57 Å². The lowest BCUT2D eigenvalue weighted by atomic mass is 9.80. The highest BCUT2D eigenvalue weighted by atomic mass is 127. The fourth-order valence-corrected chi connectivity index (χ4v) is 2.49. The van der Waals surface area contributed by atoms with Gasteiger partial charge in [0.2, 0.25) is 0 Å². The van der Waals surface area contributed by atoms with Gasteiger partial charge in [0.05, 0.1) is 18.7 Å². The van der Waals surface area contributed by atoms with Gasteiger partial charge in [-0.05, 0) is 40.8 Å². The Morgan fingerprint density at radius 2 is 2.17 bits per heavy atom. The summed E-state index contributed by atoms with van der Waals surface area (Å²) in [4.78, 5) is 0. The molecule has 2 rings (SSSR count). The van der Waals surface area contributed by atoms with Gasteiger partial charge >= 0.3 is 0 Å². The molecule has 0 radical (unpaired) electrons. The molecule has 1 aliphatic rings. The van der Waals surface area contributed by atoms with E-state index < -0.39 is 11.6 Å². The predicted octanol–water partition coefficient (Wildman–Crippen LogP) is 2.01. The van der Waals surface area contributed by atoms with Crippen molar-refractivity contribution < 1.29 is 9.13 Å². The van der Waals surface area contributed by atoms with Crippen LogP contribution in [0.3, 0.4) is 0 Å². The van der Waals surface area contributed by atoms with E-state index in [-0.39, 0.29) is 5.82 Å². The minimum absolute atomic E-state index is 0.359.